The number of rotatable bonds is 60. The van der Waals surface area contributed by atoms with Crippen molar-refractivity contribution < 1.29 is 24.5 Å². The molecule has 1 amide bonds. The standard InChI is InChI=1S/C64H125NO5/c1-3-5-7-9-11-13-15-17-19-20-27-30-34-38-42-46-50-54-58-64(69)70-59-55-51-47-43-39-35-31-28-25-23-21-22-24-26-29-33-37-41-45-49-53-57-63(68)65-61(60-66)62(67)56-52-48-44-40-36-32-18-16-14-12-10-8-6-4-2/h52,56,61-62,66-67H,3-51,53-55,57-60H2,1-2H3,(H,65,68)/b56-52+. The fourth-order valence-corrected chi connectivity index (χ4v) is 10.2. The lowest BCUT2D eigenvalue weighted by Gasteiger charge is -2.20. The summed E-state index contributed by atoms with van der Waals surface area (Å²) in [6.45, 7) is 4.93. The van der Waals surface area contributed by atoms with Gasteiger partial charge >= 0.3 is 5.97 Å². The highest BCUT2D eigenvalue weighted by Crippen LogP contribution is 2.18. The zero-order valence-electron chi connectivity index (χ0n) is 47.5. The summed E-state index contributed by atoms with van der Waals surface area (Å²) >= 11 is 0. The minimum absolute atomic E-state index is 0.0165. The molecule has 0 aromatic rings. The van der Waals surface area contributed by atoms with Gasteiger partial charge in [0.15, 0.2) is 0 Å². The normalized spacial score (nSPS) is 12.6. The van der Waals surface area contributed by atoms with Crippen molar-refractivity contribution in [2.24, 2.45) is 0 Å². The molecule has 0 bridgehead atoms. The predicted molar refractivity (Wildman–Crippen MR) is 306 cm³/mol. The molecular formula is C64H125NO5. The number of hydrogen-bond acceptors (Lipinski definition) is 5. The molecule has 0 heterocycles. The highest BCUT2D eigenvalue weighted by Gasteiger charge is 2.18. The zero-order chi connectivity index (χ0) is 50.7. The third kappa shape index (κ3) is 55.9. The third-order valence-corrected chi connectivity index (χ3v) is 15.1. The van der Waals surface area contributed by atoms with E-state index < -0.39 is 12.1 Å². The molecule has 3 N–H and O–H groups in total. The van der Waals surface area contributed by atoms with Gasteiger partial charge < -0.3 is 20.3 Å². The van der Waals surface area contributed by atoms with Crippen molar-refractivity contribution in [1.82, 2.24) is 5.32 Å². The quantitative estimate of drug-likeness (QED) is 0.0321. The summed E-state index contributed by atoms with van der Waals surface area (Å²) < 4.78 is 5.50. The van der Waals surface area contributed by atoms with Crippen LogP contribution in [0.3, 0.4) is 0 Å². The fraction of sp³-hybridized carbons (Fsp3) is 0.938. The Morgan fingerprint density at radius 2 is 0.657 bits per heavy atom. The van der Waals surface area contributed by atoms with Crippen molar-refractivity contribution in [3.63, 3.8) is 0 Å². The molecule has 0 aromatic carbocycles. The smallest absolute Gasteiger partial charge is 0.305 e. The van der Waals surface area contributed by atoms with Gasteiger partial charge in [-0.05, 0) is 32.1 Å². The molecule has 2 unspecified atom stereocenters. The number of allylic oxidation sites excluding steroid dienone is 1. The molecule has 6 nitrogen and oxygen atoms in total. The fourth-order valence-electron chi connectivity index (χ4n) is 10.2. The van der Waals surface area contributed by atoms with Gasteiger partial charge in [0.25, 0.3) is 0 Å². The van der Waals surface area contributed by atoms with Crippen LogP contribution in [0.5, 0.6) is 0 Å². The van der Waals surface area contributed by atoms with Crippen LogP contribution in [-0.4, -0.2) is 47.4 Å². The van der Waals surface area contributed by atoms with E-state index in [0.717, 1.165) is 38.5 Å². The number of aliphatic hydroxyl groups excluding tert-OH is 2. The molecule has 2 atom stereocenters. The first-order valence-corrected chi connectivity index (χ1v) is 32.0. The highest BCUT2D eigenvalue weighted by atomic mass is 16.5. The van der Waals surface area contributed by atoms with E-state index in [1.54, 1.807) is 6.08 Å². The van der Waals surface area contributed by atoms with Crippen LogP contribution < -0.4 is 5.32 Å². The van der Waals surface area contributed by atoms with Crippen molar-refractivity contribution in [2.45, 2.75) is 373 Å². The maximum Gasteiger partial charge on any atom is 0.305 e. The van der Waals surface area contributed by atoms with Crippen LogP contribution in [0.1, 0.15) is 361 Å². The molecule has 0 saturated carbocycles. The molecule has 0 spiro atoms. The van der Waals surface area contributed by atoms with Gasteiger partial charge in [0.05, 0.1) is 25.4 Å². The average molecular weight is 989 g/mol. The summed E-state index contributed by atoms with van der Waals surface area (Å²) in [6, 6.07) is -0.627. The molecule has 0 aliphatic carbocycles. The number of nitrogens with one attached hydrogen (secondary N) is 1. The second-order valence-electron chi connectivity index (χ2n) is 22.1. The largest absolute Gasteiger partial charge is 0.466 e. The van der Waals surface area contributed by atoms with E-state index in [9.17, 15) is 19.8 Å². The molecule has 0 aliphatic rings. The molecule has 416 valence electrons. The van der Waals surface area contributed by atoms with Crippen molar-refractivity contribution in [3.8, 4) is 0 Å². The monoisotopic (exact) mass is 988 g/mol. The molecule has 0 radical (unpaired) electrons. The van der Waals surface area contributed by atoms with E-state index in [1.165, 1.54) is 295 Å². The Morgan fingerprint density at radius 1 is 0.386 bits per heavy atom. The van der Waals surface area contributed by atoms with Gasteiger partial charge in [-0.2, -0.15) is 0 Å². The molecule has 0 aromatic heterocycles. The lowest BCUT2D eigenvalue weighted by molar-refractivity contribution is -0.143. The number of carbonyl (C=O) groups is 2. The van der Waals surface area contributed by atoms with E-state index in [1.807, 2.05) is 6.08 Å². The van der Waals surface area contributed by atoms with E-state index in [0.29, 0.717) is 19.4 Å². The molecule has 70 heavy (non-hydrogen) atoms. The SMILES string of the molecule is CCCCCCCCCCCCCC/C=C/C(O)C(CO)NC(=O)CCCCCCCCCCCCCCCCCCCCCCCOC(=O)CCCCCCCCCCCCCCCCCCCC. The number of aliphatic hydroxyl groups is 2. The molecule has 0 fully saturated rings. The second-order valence-corrected chi connectivity index (χ2v) is 22.1. The Labute approximate surface area is 438 Å². The van der Waals surface area contributed by atoms with Crippen LogP contribution in [0, 0.1) is 0 Å². The number of unbranched alkanes of at least 4 members (excludes halogenated alkanes) is 49. The van der Waals surface area contributed by atoms with E-state index in [-0.39, 0.29) is 18.5 Å². The maximum absolute atomic E-state index is 12.5. The van der Waals surface area contributed by atoms with Gasteiger partial charge in [0.1, 0.15) is 0 Å². The van der Waals surface area contributed by atoms with Crippen LogP contribution >= 0.6 is 0 Å². The number of amides is 1. The zero-order valence-corrected chi connectivity index (χ0v) is 47.5. The van der Waals surface area contributed by atoms with Gasteiger partial charge in [-0.15, -0.1) is 0 Å². The number of esters is 1. The molecule has 0 rings (SSSR count). The van der Waals surface area contributed by atoms with Gasteiger partial charge in [-0.25, -0.2) is 0 Å². The molecule has 0 saturated heterocycles. The Morgan fingerprint density at radius 3 is 0.971 bits per heavy atom. The minimum Gasteiger partial charge on any atom is -0.466 e. The first-order valence-electron chi connectivity index (χ1n) is 32.0. The summed E-state index contributed by atoms with van der Waals surface area (Å²) in [5.41, 5.74) is 0. The Balaban J connectivity index is 3.37. The summed E-state index contributed by atoms with van der Waals surface area (Å²) in [5.74, 6) is -0.0504. The second kappa shape index (κ2) is 60.2. The van der Waals surface area contributed by atoms with Crippen molar-refractivity contribution in [2.75, 3.05) is 13.2 Å². The van der Waals surface area contributed by atoms with Crippen molar-refractivity contribution in [1.29, 1.82) is 0 Å². The van der Waals surface area contributed by atoms with Gasteiger partial charge in [0.2, 0.25) is 5.91 Å². The van der Waals surface area contributed by atoms with Crippen LogP contribution in [0.4, 0.5) is 0 Å². The Hall–Kier alpha value is -1.40. The average Bonchev–Trinajstić information content (AvgIpc) is 3.36. The van der Waals surface area contributed by atoms with Gasteiger partial charge in [0, 0.05) is 12.8 Å². The third-order valence-electron chi connectivity index (χ3n) is 15.1. The summed E-state index contributed by atoms with van der Waals surface area (Å²) in [7, 11) is 0. The lowest BCUT2D eigenvalue weighted by Crippen LogP contribution is -2.45. The van der Waals surface area contributed by atoms with Crippen molar-refractivity contribution >= 4 is 11.9 Å². The first-order chi connectivity index (χ1) is 34.5. The van der Waals surface area contributed by atoms with Gasteiger partial charge in [-0.1, -0.05) is 328 Å². The van der Waals surface area contributed by atoms with Gasteiger partial charge in [-0.3, -0.25) is 9.59 Å². The topological polar surface area (TPSA) is 95.9 Å². The Kier molecular flexibility index (Phi) is 59.0. The van der Waals surface area contributed by atoms with Crippen LogP contribution in [0.2, 0.25) is 0 Å². The van der Waals surface area contributed by atoms with Crippen LogP contribution in [0.25, 0.3) is 0 Å². The number of ether oxygens (including phenoxy) is 1. The lowest BCUT2D eigenvalue weighted by atomic mass is 10.0. The van der Waals surface area contributed by atoms with Crippen LogP contribution in [-0.2, 0) is 14.3 Å². The summed E-state index contributed by atoms with van der Waals surface area (Å²) in [6.07, 6.45) is 72.6. The maximum atomic E-state index is 12.5. The number of carbonyl (C=O) groups excluding carboxylic acids is 2. The molecule has 0 aliphatic heterocycles. The molecule has 6 heteroatoms. The van der Waals surface area contributed by atoms with E-state index in [4.69, 9.17) is 4.74 Å². The first kappa shape index (κ1) is 68.6. The minimum atomic E-state index is -0.844. The summed E-state index contributed by atoms with van der Waals surface area (Å²) in [5, 5.41) is 23.1. The predicted octanol–water partition coefficient (Wildman–Crippen LogP) is 20.0. The van der Waals surface area contributed by atoms with E-state index >= 15 is 0 Å². The summed E-state index contributed by atoms with van der Waals surface area (Å²) in [4.78, 5) is 24.6. The van der Waals surface area contributed by atoms with E-state index in [2.05, 4.69) is 19.2 Å². The van der Waals surface area contributed by atoms with Crippen LogP contribution in [0.15, 0.2) is 12.2 Å². The molecular weight excluding hydrogens is 863 g/mol. The number of hydrogen-bond donors (Lipinski definition) is 3. The van der Waals surface area contributed by atoms with Crippen molar-refractivity contribution in [3.05, 3.63) is 12.2 Å². The highest BCUT2D eigenvalue weighted by molar-refractivity contribution is 5.76. The Bertz CT molecular complexity index is 1050.